The van der Waals surface area contributed by atoms with Crippen LogP contribution in [0.3, 0.4) is 0 Å². The lowest BCUT2D eigenvalue weighted by Gasteiger charge is -2.09. The van der Waals surface area contributed by atoms with Crippen molar-refractivity contribution in [1.29, 1.82) is 0 Å². The number of hydrogen-bond acceptors (Lipinski definition) is 1. The molecule has 1 N–H and O–H groups in total. The Morgan fingerprint density at radius 1 is 1.32 bits per heavy atom. The maximum absolute atomic E-state index is 4.46. The highest BCUT2D eigenvalue weighted by molar-refractivity contribution is 5.94. The predicted molar refractivity (Wildman–Crippen MR) is 85.8 cm³/mol. The zero-order chi connectivity index (χ0) is 14.4. The number of nitrogens with one attached hydrogen (secondary N) is 1. The first kappa shape index (κ1) is 15.2. The highest BCUT2D eigenvalue weighted by Gasteiger charge is 1.99. The molecule has 0 bridgehead atoms. The number of anilines is 1. The number of nitrogens with zero attached hydrogens (tertiary/aromatic N) is 1. The highest BCUT2D eigenvalue weighted by Crippen LogP contribution is 2.16. The molecule has 0 saturated carbocycles. The molecule has 0 aliphatic carbocycles. The van der Waals surface area contributed by atoms with Crippen molar-refractivity contribution in [2.75, 3.05) is 5.32 Å². The zero-order valence-corrected chi connectivity index (χ0v) is 12.7. The molecule has 0 unspecified atom stereocenters. The molecule has 0 heterocycles. The van der Waals surface area contributed by atoms with E-state index in [1.54, 1.807) is 0 Å². The lowest BCUT2D eigenvalue weighted by molar-refractivity contribution is 1.09. The second-order valence-electron chi connectivity index (χ2n) is 4.95. The molecule has 0 saturated heterocycles. The van der Waals surface area contributed by atoms with Crippen LogP contribution < -0.4 is 5.32 Å². The molecule has 1 aromatic rings. The van der Waals surface area contributed by atoms with E-state index in [0.29, 0.717) is 0 Å². The van der Waals surface area contributed by atoms with E-state index in [9.17, 15) is 0 Å². The Balaban J connectivity index is 2.84. The fourth-order valence-electron chi connectivity index (χ4n) is 1.86. The Hall–Kier alpha value is -1.83. The molecule has 1 rings (SSSR count). The van der Waals surface area contributed by atoms with Gasteiger partial charge >= 0.3 is 0 Å². The molecule has 102 valence electrons. The van der Waals surface area contributed by atoms with Crippen molar-refractivity contribution >= 4 is 11.5 Å². The topological polar surface area (TPSA) is 24.4 Å². The van der Waals surface area contributed by atoms with E-state index >= 15 is 0 Å². The van der Waals surface area contributed by atoms with E-state index in [1.807, 2.05) is 20.0 Å². The van der Waals surface area contributed by atoms with Gasteiger partial charge in [0.1, 0.15) is 5.84 Å². The molecule has 0 fully saturated rings. The second kappa shape index (κ2) is 6.93. The van der Waals surface area contributed by atoms with Gasteiger partial charge in [0.25, 0.3) is 0 Å². The molecule has 0 aliphatic rings. The van der Waals surface area contributed by atoms with Crippen LogP contribution >= 0.6 is 0 Å². The summed E-state index contributed by atoms with van der Waals surface area (Å²) in [4.78, 5) is 4.46. The van der Waals surface area contributed by atoms with E-state index in [2.05, 4.69) is 55.9 Å². The van der Waals surface area contributed by atoms with Gasteiger partial charge in [0.15, 0.2) is 0 Å². The predicted octanol–water partition coefficient (Wildman–Crippen LogP) is 5.00. The molecule has 1 aromatic carbocycles. The van der Waals surface area contributed by atoms with Crippen molar-refractivity contribution in [1.82, 2.24) is 0 Å². The first-order valence-electron chi connectivity index (χ1n) is 6.67. The molecule has 0 amide bonds. The summed E-state index contributed by atoms with van der Waals surface area (Å²) in [6.07, 6.45) is 2.85. The summed E-state index contributed by atoms with van der Waals surface area (Å²) >= 11 is 0. The van der Waals surface area contributed by atoms with Crippen LogP contribution in [0.25, 0.3) is 0 Å². The molecule has 0 atom stereocenters. The third-order valence-corrected chi connectivity index (χ3v) is 3.04. The van der Waals surface area contributed by atoms with Gasteiger partial charge in [-0.15, -0.1) is 0 Å². The summed E-state index contributed by atoms with van der Waals surface area (Å²) in [5.41, 5.74) is 5.86. The summed E-state index contributed by atoms with van der Waals surface area (Å²) in [5, 5.41) is 3.33. The molecule has 0 aromatic heterocycles. The first-order chi connectivity index (χ1) is 8.93. The fraction of sp³-hybridized carbons (Fsp3) is 0.353. The molecule has 0 aliphatic heterocycles. The third-order valence-electron chi connectivity index (χ3n) is 3.04. The largest absolute Gasteiger partial charge is 0.344 e. The minimum atomic E-state index is 0.888. The summed E-state index contributed by atoms with van der Waals surface area (Å²) in [6, 6.07) is 6.35. The van der Waals surface area contributed by atoms with E-state index in [1.165, 1.54) is 16.7 Å². The summed E-state index contributed by atoms with van der Waals surface area (Å²) in [5.74, 6) is 0.888. The van der Waals surface area contributed by atoms with Crippen LogP contribution in [0, 0.1) is 13.8 Å². The number of aliphatic imine (C=N–C) groups is 1. The van der Waals surface area contributed by atoms with Crippen molar-refractivity contribution in [3.05, 3.63) is 53.3 Å². The lowest BCUT2D eigenvalue weighted by atomic mass is 10.1. The molecule has 2 heteroatoms. The molecule has 19 heavy (non-hydrogen) atoms. The number of hydrogen-bond donors (Lipinski definition) is 1. The fourth-order valence-corrected chi connectivity index (χ4v) is 1.86. The monoisotopic (exact) mass is 256 g/mol. The van der Waals surface area contributed by atoms with Crippen LogP contribution in [-0.2, 0) is 0 Å². The molecule has 0 radical (unpaired) electrons. The van der Waals surface area contributed by atoms with Crippen molar-refractivity contribution < 1.29 is 0 Å². The van der Waals surface area contributed by atoms with Crippen molar-refractivity contribution in [2.45, 2.75) is 41.0 Å². The van der Waals surface area contributed by atoms with Gasteiger partial charge in [-0.25, -0.2) is 4.99 Å². The third kappa shape index (κ3) is 4.74. The summed E-state index contributed by atoms with van der Waals surface area (Å²) < 4.78 is 0. The van der Waals surface area contributed by atoms with Gasteiger partial charge in [0.2, 0.25) is 0 Å². The Labute approximate surface area is 117 Å². The number of allylic oxidation sites excluding steroid dienone is 2. The normalized spacial score (nSPS) is 12.5. The second-order valence-corrected chi connectivity index (χ2v) is 4.95. The van der Waals surface area contributed by atoms with Crippen molar-refractivity contribution in [2.24, 2.45) is 4.99 Å². The minimum absolute atomic E-state index is 0.888. The van der Waals surface area contributed by atoms with Gasteiger partial charge in [0.05, 0.1) is 0 Å². The Morgan fingerprint density at radius 2 is 2.00 bits per heavy atom. The van der Waals surface area contributed by atoms with Crippen LogP contribution in [0.15, 0.2) is 47.1 Å². The van der Waals surface area contributed by atoms with Crippen molar-refractivity contribution in [3.8, 4) is 0 Å². The summed E-state index contributed by atoms with van der Waals surface area (Å²) in [7, 11) is 0. The van der Waals surface area contributed by atoms with Crippen LogP contribution in [0.2, 0.25) is 0 Å². The average molecular weight is 256 g/mol. The standard InChI is InChI=1S/C17H24N2/c1-7-16(12(2)3)11-18-15(6)19-17-9-8-13(4)10-14(17)5/h8-11H,2,7H2,1,3-6H3,(H,18,19)/b16-11-. The minimum Gasteiger partial charge on any atom is -0.344 e. The van der Waals surface area contributed by atoms with Gasteiger partial charge in [-0.05, 0) is 51.3 Å². The quantitative estimate of drug-likeness (QED) is 0.457. The Kier molecular flexibility index (Phi) is 5.56. The SMILES string of the molecule is C=C(C)/C(=C\N=C(C)Nc1ccc(C)cc1C)CC. The van der Waals surface area contributed by atoms with Crippen LogP contribution in [0.4, 0.5) is 5.69 Å². The number of rotatable bonds is 4. The Bertz CT molecular complexity index is 522. The van der Waals surface area contributed by atoms with Gasteiger partial charge in [-0.3, -0.25) is 0 Å². The van der Waals surface area contributed by atoms with Crippen molar-refractivity contribution in [3.63, 3.8) is 0 Å². The number of amidine groups is 1. The number of aryl methyl sites for hydroxylation is 2. The zero-order valence-electron chi connectivity index (χ0n) is 12.7. The molecular weight excluding hydrogens is 232 g/mol. The van der Waals surface area contributed by atoms with Gasteiger partial charge in [-0.2, -0.15) is 0 Å². The maximum Gasteiger partial charge on any atom is 0.103 e. The van der Waals surface area contributed by atoms with E-state index in [-0.39, 0.29) is 0 Å². The molecular formula is C17H24N2. The smallest absolute Gasteiger partial charge is 0.103 e. The average Bonchev–Trinajstić information content (AvgIpc) is 2.33. The van der Waals surface area contributed by atoms with E-state index in [0.717, 1.165) is 23.5 Å². The van der Waals surface area contributed by atoms with Gasteiger partial charge in [-0.1, -0.05) is 36.8 Å². The highest BCUT2D eigenvalue weighted by atomic mass is 15.0. The van der Waals surface area contributed by atoms with Crippen LogP contribution in [0.5, 0.6) is 0 Å². The molecule has 0 spiro atoms. The lowest BCUT2D eigenvalue weighted by Crippen LogP contribution is -2.07. The van der Waals surface area contributed by atoms with E-state index in [4.69, 9.17) is 0 Å². The van der Waals surface area contributed by atoms with E-state index < -0.39 is 0 Å². The first-order valence-corrected chi connectivity index (χ1v) is 6.67. The number of benzene rings is 1. The van der Waals surface area contributed by atoms with Crippen LogP contribution in [0.1, 0.15) is 38.3 Å². The molecule has 2 nitrogen and oxygen atoms in total. The maximum atomic E-state index is 4.46. The van der Waals surface area contributed by atoms with Crippen LogP contribution in [-0.4, -0.2) is 5.84 Å². The van der Waals surface area contributed by atoms with Gasteiger partial charge in [0, 0.05) is 11.9 Å². The summed E-state index contributed by atoms with van der Waals surface area (Å²) in [6.45, 7) is 14.3. The Morgan fingerprint density at radius 3 is 2.53 bits per heavy atom. The van der Waals surface area contributed by atoms with Gasteiger partial charge < -0.3 is 5.32 Å².